The zero-order valence-corrected chi connectivity index (χ0v) is 16.0. The fourth-order valence-corrected chi connectivity index (χ4v) is 4.10. The Morgan fingerprint density at radius 1 is 1.19 bits per heavy atom. The summed E-state index contributed by atoms with van der Waals surface area (Å²) in [5.41, 5.74) is 2.87. The van der Waals surface area contributed by atoms with Gasteiger partial charge >= 0.3 is 0 Å². The van der Waals surface area contributed by atoms with E-state index in [1.807, 2.05) is 19.1 Å². The van der Waals surface area contributed by atoms with E-state index in [-0.39, 0.29) is 12.2 Å². The number of oxazole rings is 1. The van der Waals surface area contributed by atoms with Gasteiger partial charge in [-0.2, -0.15) is 0 Å². The van der Waals surface area contributed by atoms with Crippen LogP contribution in [0.4, 0.5) is 0 Å². The van der Waals surface area contributed by atoms with Crippen LogP contribution < -0.4 is 0 Å². The molecule has 146 valence electrons. The summed E-state index contributed by atoms with van der Waals surface area (Å²) in [6.45, 7) is 6.78. The number of piperidine rings is 1. The number of aliphatic hydroxyl groups excluding tert-OH is 2. The lowest BCUT2D eigenvalue weighted by Gasteiger charge is -2.46. The molecule has 6 heteroatoms. The van der Waals surface area contributed by atoms with Gasteiger partial charge in [-0.25, -0.2) is 4.98 Å². The lowest BCUT2D eigenvalue weighted by molar-refractivity contribution is -0.188. The third-order valence-electron chi connectivity index (χ3n) is 5.88. The zero-order chi connectivity index (χ0) is 19.0. The van der Waals surface area contributed by atoms with Gasteiger partial charge < -0.3 is 19.4 Å². The number of aryl methyl sites for hydroxylation is 2. The Balaban J connectivity index is 1.40. The molecule has 2 saturated heterocycles. The number of aromatic nitrogens is 1. The summed E-state index contributed by atoms with van der Waals surface area (Å²) in [7, 11) is 0. The molecular weight excluding hydrogens is 344 g/mol. The minimum absolute atomic E-state index is 0.226. The van der Waals surface area contributed by atoms with Gasteiger partial charge in [-0.1, -0.05) is 17.7 Å². The van der Waals surface area contributed by atoms with Crippen molar-refractivity contribution in [2.75, 3.05) is 19.7 Å². The standard InChI is InChI=1S/C21H28N2O4/c1-14-4-3-5-16(10-14)20-22-17(15(2)27-20)12-23-8-6-21(7-9-23)11-18(24)19(25)13-26-21/h3-5,10,18-19,24-25H,6-9,11-13H2,1-2H3/t18-,19+/m1/s1. The SMILES string of the molecule is Cc1cccc(-c2nc(CN3CCC4(CC3)C[C@@H](O)[C@@H](O)CO4)c(C)o2)c1. The van der Waals surface area contributed by atoms with Crippen molar-refractivity contribution < 1.29 is 19.4 Å². The Morgan fingerprint density at radius 2 is 1.96 bits per heavy atom. The highest BCUT2D eigenvalue weighted by Gasteiger charge is 2.43. The van der Waals surface area contributed by atoms with Gasteiger partial charge in [0.2, 0.25) is 5.89 Å². The van der Waals surface area contributed by atoms with Gasteiger partial charge in [0, 0.05) is 31.6 Å². The first-order valence-corrected chi connectivity index (χ1v) is 9.70. The summed E-state index contributed by atoms with van der Waals surface area (Å²) >= 11 is 0. The summed E-state index contributed by atoms with van der Waals surface area (Å²) in [4.78, 5) is 7.09. The molecule has 1 aromatic carbocycles. The molecule has 4 rings (SSSR count). The molecular formula is C21H28N2O4. The van der Waals surface area contributed by atoms with Crippen LogP contribution >= 0.6 is 0 Å². The van der Waals surface area contributed by atoms with E-state index in [0.717, 1.165) is 49.5 Å². The summed E-state index contributed by atoms with van der Waals surface area (Å²) in [6, 6.07) is 8.18. The number of nitrogens with zero attached hydrogens (tertiary/aromatic N) is 2. The van der Waals surface area contributed by atoms with E-state index in [9.17, 15) is 10.2 Å². The maximum absolute atomic E-state index is 10.00. The maximum Gasteiger partial charge on any atom is 0.226 e. The van der Waals surface area contributed by atoms with Gasteiger partial charge in [-0.05, 0) is 38.8 Å². The zero-order valence-electron chi connectivity index (χ0n) is 16.0. The molecule has 2 N–H and O–H groups in total. The van der Waals surface area contributed by atoms with Crippen molar-refractivity contribution in [2.24, 2.45) is 0 Å². The summed E-state index contributed by atoms with van der Waals surface area (Å²) in [5.74, 6) is 1.53. The topological polar surface area (TPSA) is 79.0 Å². The molecule has 27 heavy (non-hydrogen) atoms. The van der Waals surface area contributed by atoms with E-state index in [0.29, 0.717) is 12.3 Å². The van der Waals surface area contributed by atoms with Crippen LogP contribution in [-0.4, -0.2) is 57.6 Å². The fraction of sp³-hybridized carbons (Fsp3) is 0.571. The Kier molecular flexibility index (Phi) is 5.07. The molecule has 0 saturated carbocycles. The molecule has 6 nitrogen and oxygen atoms in total. The molecule has 0 amide bonds. The average Bonchev–Trinajstić information content (AvgIpc) is 3.01. The van der Waals surface area contributed by atoms with Gasteiger partial charge in [0.05, 0.1) is 24.0 Å². The first kappa shape index (κ1) is 18.6. The number of ether oxygens (including phenoxy) is 1. The normalized spacial score (nSPS) is 25.8. The third kappa shape index (κ3) is 3.94. The molecule has 0 unspecified atom stereocenters. The second-order valence-corrected chi connectivity index (χ2v) is 8.00. The third-order valence-corrected chi connectivity index (χ3v) is 5.88. The Labute approximate surface area is 159 Å². The number of benzene rings is 1. The molecule has 0 radical (unpaired) electrons. The molecule has 2 aliphatic rings. The first-order chi connectivity index (χ1) is 12.9. The predicted octanol–water partition coefficient (Wildman–Crippen LogP) is 2.44. The highest BCUT2D eigenvalue weighted by Crippen LogP contribution is 2.35. The molecule has 2 atom stereocenters. The molecule has 1 aromatic heterocycles. The Bertz CT molecular complexity index is 795. The van der Waals surface area contributed by atoms with Crippen LogP contribution in [0.1, 0.15) is 36.3 Å². The number of likely N-dealkylation sites (tertiary alicyclic amines) is 1. The van der Waals surface area contributed by atoms with Crippen molar-refractivity contribution in [2.45, 2.75) is 57.5 Å². The van der Waals surface area contributed by atoms with E-state index in [1.165, 1.54) is 5.56 Å². The van der Waals surface area contributed by atoms with Crippen molar-refractivity contribution in [1.29, 1.82) is 0 Å². The van der Waals surface area contributed by atoms with Crippen molar-refractivity contribution in [3.63, 3.8) is 0 Å². The Morgan fingerprint density at radius 3 is 2.67 bits per heavy atom. The van der Waals surface area contributed by atoms with Gasteiger partial charge in [-0.15, -0.1) is 0 Å². The molecule has 2 fully saturated rings. The van der Waals surface area contributed by atoms with Crippen LogP contribution in [0.25, 0.3) is 11.5 Å². The van der Waals surface area contributed by atoms with E-state index >= 15 is 0 Å². The summed E-state index contributed by atoms with van der Waals surface area (Å²) in [5, 5.41) is 19.7. The lowest BCUT2D eigenvalue weighted by atomic mass is 9.82. The second-order valence-electron chi connectivity index (χ2n) is 8.00. The van der Waals surface area contributed by atoms with Gasteiger partial charge in [0.25, 0.3) is 0 Å². The molecule has 0 aliphatic carbocycles. The maximum atomic E-state index is 10.00. The van der Waals surface area contributed by atoms with Crippen LogP contribution in [0.15, 0.2) is 28.7 Å². The van der Waals surface area contributed by atoms with Crippen LogP contribution in [0.2, 0.25) is 0 Å². The lowest BCUT2D eigenvalue weighted by Crippen LogP contribution is -2.54. The number of hydrogen-bond acceptors (Lipinski definition) is 6. The van der Waals surface area contributed by atoms with Gasteiger partial charge in [-0.3, -0.25) is 4.90 Å². The van der Waals surface area contributed by atoms with Crippen molar-refractivity contribution in [3.8, 4) is 11.5 Å². The minimum Gasteiger partial charge on any atom is -0.441 e. The largest absolute Gasteiger partial charge is 0.441 e. The predicted molar refractivity (Wildman–Crippen MR) is 101 cm³/mol. The minimum atomic E-state index is -0.758. The number of rotatable bonds is 3. The average molecular weight is 372 g/mol. The van der Waals surface area contributed by atoms with Crippen LogP contribution in [0.3, 0.4) is 0 Å². The monoisotopic (exact) mass is 372 g/mol. The van der Waals surface area contributed by atoms with Crippen LogP contribution in [0, 0.1) is 13.8 Å². The van der Waals surface area contributed by atoms with Crippen LogP contribution in [0.5, 0.6) is 0 Å². The number of aliphatic hydroxyl groups is 2. The Hall–Kier alpha value is -1.73. The number of hydrogen-bond donors (Lipinski definition) is 2. The van der Waals surface area contributed by atoms with E-state index in [4.69, 9.17) is 14.1 Å². The smallest absolute Gasteiger partial charge is 0.226 e. The van der Waals surface area contributed by atoms with Crippen molar-refractivity contribution in [1.82, 2.24) is 9.88 Å². The fourth-order valence-electron chi connectivity index (χ4n) is 4.10. The first-order valence-electron chi connectivity index (χ1n) is 9.70. The summed E-state index contributed by atoms with van der Waals surface area (Å²) in [6.07, 6.45) is 0.797. The highest BCUT2D eigenvalue weighted by molar-refractivity contribution is 5.54. The van der Waals surface area contributed by atoms with Gasteiger partial charge in [0.1, 0.15) is 11.9 Å². The highest BCUT2D eigenvalue weighted by atomic mass is 16.5. The van der Waals surface area contributed by atoms with Gasteiger partial charge in [0.15, 0.2) is 0 Å². The van der Waals surface area contributed by atoms with Crippen LogP contribution in [-0.2, 0) is 11.3 Å². The van der Waals surface area contributed by atoms with E-state index in [1.54, 1.807) is 0 Å². The molecule has 2 aromatic rings. The molecule has 1 spiro atoms. The molecule has 3 heterocycles. The summed E-state index contributed by atoms with van der Waals surface area (Å²) < 4.78 is 11.8. The van der Waals surface area contributed by atoms with Crippen molar-refractivity contribution in [3.05, 3.63) is 41.3 Å². The second kappa shape index (κ2) is 7.36. The molecule has 0 bridgehead atoms. The van der Waals surface area contributed by atoms with E-state index in [2.05, 4.69) is 24.0 Å². The van der Waals surface area contributed by atoms with E-state index < -0.39 is 12.2 Å². The quantitative estimate of drug-likeness (QED) is 0.862. The van der Waals surface area contributed by atoms with Crippen molar-refractivity contribution >= 4 is 0 Å². The molecule has 2 aliphatic heterocycles.